The number of nitrogens with one attached hydrogen (secondary N) is 1. The van der Waals surface area contributed by atoms with Crippen molar-refractivity contribution in [2.45, 2.75) is 51.2 Å². The van der Waals surface area contributed by atoms with Crippen LogP contribution in [0.4, 0.5) is 0 Å². The van der Waals surface area contributed by atoms with Crippen molar-refractivity contribution in [2.24, 2.45) is 0 Å². The van der Waals surface area contributed by atoms with Crippen LogP contribution in [0.2, 0.25) is 0 Å². The molecular formula is C23H28N2O3. The first-order chi connectivity index (χ1) is 13.2. The SMILES string of the molecule is COc1ccc(CN(C(=O)c2ccccc2)C2(C(=O)NC(C)(C)C)CC2)cc1. The van der Waals surface area contributed by atoms with Gasteiger partial charge in [-0.25, -0.2) is 0 Å². The normalized spacial score (nSPS) is 14.9. The van der Waals surface area contributed by atoms with Crippen molar-refractivity contribution >= 4 is 11.8 Å². The molecule has 28 heavy (non-hydrogen) atoms. The van der Waals surface area contributed by atoms with Gasteiger partial charge in [0.2, 0.25) is 5.91 Å². The highest BCUT2D eigenvalue weighted by atomic mass is 16.5. The van der Waals surface area contributed by atoms with Gasteiger partial charge in [-0.3, -0.25) is 9.59 Å². The van der Waals surface area contributed by atoms with Gasteiger partial charge in [-0.2, -0.15) is 0 Å². The number of benzene rings is 2. The lowest BCUT2D eigenvalue weighted by atomic mass is 10.0. The van der Waals surface area contributed by atoms with Gasteiger partial charge in [-0.05, 0) is 63.4 Å². The Morgan fingerprint density at radius 2 is 1.64 bits per heavy atom. The van der Waals surface area contributed by atoms with E-state index in [1.165, 1.54) is 0 Å². The zero-order valence-corrected chi connectivity index (χ0v) is 17.0. The quantitative estimate of drug-likeness (QED) is 0.830. The maximum absolute atomic E-state index is 13.4. The molecule has 0 aliphatic heterocycles. The first-order valence-corrected chi connectivity index (χ1v) is 9.58. The zero-order chi connectivity index (χ0) is 20.4. The summed E-state index contributed by atoms with van der Waals surface area (Å²) in [5, 5.41) is 3.06. The molecule has 0 heterocycles. The van der Waals surface area contributed by atoms with Crippen LogP contribution >= 0.6 is 0 Å². The van der Waals surface area contributed by atoms with Gasteiger partial charge in [0.05, 0.1) is 7.11 Å². The number of methoxy groups -OCH3 is 1. The third-order valence-electron chi connectivity index (χ3n) is 4.92. The predicted octanol–water partition coefficient (Wildman–Crippen LogP) is 3.78. The summed E-state index contributed by atoms with van der Waals surface area (Å²) in [7, 11) is 1.62. The third-order valence-corrected chi connectivity index (χ3v) is 4.92. The smallest absolute Gasteiger partial charge is 0.255 e. The van der Waals surface area contributed by atoms with Crippen molar-refractivity contribution in [1.29, 1.82) is 0 Å². The fourth-order valence-electron chi connectivity index (χ4n) is 3.26. The van der Waals surface area contributed by atoms with Gasteiger partial charge in [-0.15, -0.1) is 0 Å². The third kappa shape index (κ3) is 4.35. The molecule has 0 aromatic heterocycles. The number of hydrogen-bond acceptors (Lipinski definition) is 3. The van der Waals surface area contributed by atoms with Gasteiger partial charge in [0.15, 0.2) is 0 Å². The summed E-state index contributed by atoms with van der Waals surface area (Å²) in [5.41, 5.74) is 0.403. The van der Waals surface area contributed by atoms with Crippen molar-refractivity contribution < 1.29 is 14.3 Å². The van der Waals surface area contributed by atoms with Gasteiger partial charge in [0.1, 0.15) is 11.3 Å². The molecule has 0 saturated heterocycles. The van der Waals surface area contributed by atoms with Crippen LogP contribution in [0.15, 0.2) is 54.6 Å². The van der Waals surface area contributed by atoms with Gasteiger partial charge >= 0.3 is 0 Å². The number of rotatable bonds is 6. The van der Waals surface area contributed by atoms with E-state index < -0.39 is 5.54 Å². The van der Waals surface area contributed by atoms with Crippen molar-refractivity contribution in [3.63, 3.8) is 0 Å². The summed E-state index contributed by atoms with van der Waals surface area (Å²) in [5.74, 6) is 0.548. The summed E-state index contributed by atoms with van der Waals surface area (Å²) in [6, 6.07) is 16.8. The van der Waals surface area contributed by atoms with Crippen LogP contribution in [-0.2, 0) is 11.3 Å². The number of ether oxygens (including phenoxy) is 1. The molecular weight excluding hydrogens is 352 g/mol. The molecule has 0 spiro atoms. The lowest BCUT2D eigenvalue weighted by molar-refractivity contribution is -0.128. The topological polar surface area (TPSA) is 58.6 Å². The Balaban J connectivity index is 1.92. The molecule has 3 rings (SSSR count). The van der Waals surface area contributed by atoms with Crippen molar-refractivity contribution in [1.82, 2.24) is 10.2 Å². The van der Waals surface area contributed by atoms with Crippen LogP contribution in [0, 0.1) is 0 Å². The van der Waals surface area contributed by atoms with Crippen LogP contribution in [0.5, 0.6) is 5.75 Å². The molecule has 148 valence electrons. The Kier molecular flexibility index (Phi) is 5.45. The summed E-state index contributed by atoms with van der Waals surface area (Å²) >= 11 is 0. The minimum Gasteiger partial charge on any atom is -0.497 e. The highest BCUT2D eigenvalue weighted by Crippen LogP contribution is 2.44. The molecule has 2 aromatic carbocycles. The molecule has 1 aliphatic carbocycles. The summed E-state index contributed by atoms with van der Waals surface area (Å²) in [4.78, 5) is 28.2. The Labute approximate surface area is 166 Å². The van der Waals surface area contributed by atoms with Gasteiger partial charge < -0.3 is 15.0 Å². The highest BCUT2D eigenvalue weighted by Gasteiger charge is 2.57. The van der Waals surface area contributed by atoms with Crippen molar-refractivity contribution in [3.05, 3.63) is 65.7 Å². The maximum atomic E-state index is 13.4. The molecule has 1 aliphatic rings. The molecule has 5 heteroatoms. The molecule has 2 amide bonds. The largest absolute Gasteiger partial charge is 0.497 e. The molecule has 1 N–H and O–H groups in total. The van der Waals surface area contributed by atoms with E-state index in [1.54, 1.807) is 24.1 Å². The van der Waals surface area contributed by atoms with E-state index in [0.717, 1.165) is 11.3 Å². The van der Waals surface area contributed by atoms with E-state index in [2.05, 4.69) is 5.32 Å². The van der Waals surface area contributed by atoms with E-state index >= 15 is 0 Å². The monoisotopic (exact) mass is 380 g/mol. The number of amides is 2. The second kappa shape index (κ2) is 7.66. The first-order valence-electron chi connectivity index (χ1n) is 9.58. The molecule has 1 fully saturated rings. The summed E-state index contributed by atoms with van der Waals surface area (Å²) in [6.07, 6.45) is 1.34. The molecule has 0 unspecified atom stereocenters. The van der Waals surface area contributed by atoms with Crippen LogP contribution in [0.1, 0.15) is 49.5 Å². The summed E-state index contributed by atoms with van der Waals surface area (Å²) < 4.78 is 5.22. The van der Waals surface area contributed by atoms with E-state index in [1.807, 2.05) is 63.2 Å². The Hall–Kier alpha value is -2.82. The fourth-order valence-corrected chi connectivity index (χ4v) is 3.26. The molecule has 0 bridgehead atoms. The number of carbonyl (C=O) groups excluding carboxylic acids is 2. The molecule has 2 aromatic rings. The zero-order valence-electron chi connectivity index (χ0n) is 17.0. The Bertz CT molecular complexity index is 834. The number of nitrogens with zero attached hydrogens (tertiary/aromatic N) is 1. The standard InChI is InChI=1S/C23H28N2O3/c1-22(2,3)24-21(27)23(14-15-23)25(20(26)18-8-6-5-7-9-18)16-17-10-12-19(28-4)13-11-17/h5-13H,14-16H2,1-4H3,(H,24,27). The second-order valence-electron chi connectivity index (χ2n) is 8.34. The molecule has 0 atom stereocenters. The lowest BCUT2D eigenvalue weighted by Crippen LogP contribution is -2.55. The number of carbonyl (C=O) groups is 2. The molecule has 5 nitrogen and oxygen atoms in total. The Morgan fingerprint density at radius 3 is 2.14 bits per heavy atom. The van der Waals surface area contributed by atoms with E-state index in [4.69, 9.17) is 4.74 Å². The minimum absolute atomic E-state index is 0.0854. The molecule has 0 radical (unpaired) electrons. The van der Waals surface area contributed by atoms with Gasteiger partial charge in [-0.1, -0.05) is 30.3 Å². The fraction of sp³-hybridized carbons (Fsp3) is 0.391. The average Bonchev–Trinajstić information content (AvgIpc) is 3.47. The first kappa shape index (κ1) is 19.9. The number of hydrogen-bond donors (Lipinski definition) is 1. The lowest BCUT2D eigenvalue weighted by Gasteiger charge is -2.34. The molecule has 1 saturated carbocycles. The average molecular weight is 380 g/mol. The van der Waals surface area contributed by atoms with Gasteiger partial charge in [0.25, 0.3) is 5.91 Å². The van der Waals surface area contributed by atoms with Gasteiger partial charge in [0, 0.05) is 17.6 Å². The van der Waals surface area contributed by atoms with E-state index in [9.17, 15) is 9.59 Å². The summed E-state index contributed by atoms with van der Waals surface area (Å²) in [6.45, 7) is 6.23. The van der Waals surface area contributed by atoms with Crippen molar-refractivity contribution in [3.8, 4) is 5.75 Å². The van der Waals surface area contributed by atoms with Crippen LogP contribution < -0.4 is 10.1 Å². The predicted molar refractivity (Wildman–Crippen MR) is 109 cm³/mol. The van der Waals surface area contributed by atoms with Crippen LogP contribution in [0.3, 0.4) is 0 Å². The van der Waals surface area contributed by atoms with E-state index in [0.29, 0.717) is 24.9 Å². The minimum atomic E-state index is -0.792. The van der Waals surface area contributed by atoms with Crippen molar-refractivity contribution in [2.75, 3.05) is 7.11 Å². The highest BCUT2D eigenvalue weighted by molar-refractivity contribution is 6.00. The van der Waals surface area contributed by atoms with Crippen LogP contribution in [0.25, 0.3) is 0 Å². The Morgan fingerprint density at radius 1 is 1.04 bits per heavy atom. The second-order valence-corrected chi connectivity index (χ2v) is 8.34. The van der Waals surface area contributed by atoms with E-state index in [-0.39, 0.29) is 17.4 Å². The maximum Gasteiger partial charge on any atom is 0.255 e. The van der Waals surface area contributed by atoms with Crippen LogP contribution in [-0.4, -0.2) is 34.9 Å².